The molecule has 102 valence electrons. The van der Waals surface area contributed by atoms with Crippen molar-refractivity contribution >= 4 is 8.07 Å². The van der Waals surface area contributed by atoms with E-state index in [0.717, 1.165) is 0 Å². The fourth-order valence-electron chi connectivity index (χ4n) is 2.78. The Morgan fingerprint density at radius 3 is 1.53 bits per heavy atom. The van der Waals surface area contributed by atoms with E-state index in [4.69, 9.17) is 0 Å². The zero-order valence-electron chi connectivity index (χ0n) is 13.5. The first-order chi connectivity index (χ1) is 7.69. The van der Waals surface area contributed by atoms with Crippen LogP contribution < -0.4 is 0 Å². The number of hydrogen-bond donors (Lipinski definition) is 0. The molecule has 0 bridgehead atoms. The van der Waals surface area contributed by atoms with Crippen molar-refractivity contribution in [2.45, 2.75) is 86.0 Å². The van der Waals surface area contributed by atoms with Crippen LogP contribution in [0.15, 0.2) is 11.1 Å². The smallest absolute Gasteiger partial charge is 0.0567 e. The van der Waals surface area contributed by atoms with Gasteiger partial charge >= 0.3 is 0 Å². The third-order valence-corrected chi connectivity index (χ3v) is 10.2. The third kappa shape index (κ3) is 5.90. The van der Waals surface area contributed by atoms with Gasteiger partial charge in [-0.15, -0.1) is 0 Å². The molecule has 0 aromatic rings. The van der Waals surface area contributed by atoms with Gasteiger partial charge in [-0.1, -0.05) is 70.8 Å². The van der Waals surface area contributed by atoms with Gasteiger partial charge in [0.25, 0.3) is 0 Å². The van der Waals surface area contributed by atoms with Gasteiger partial charge in [-0.25, -0.2) is 0 Å². The lowest BCUT2D eigenvalue weighted by Gasteiger charge is -2.30. The van der Waals surface area contributed by atoms with Crippen LogP contribution in [0.4, 0.5) is 0 Å². The topological polar surface area (TPSA) is 0 Å². The van der Waals surface area contributed by atoms with Crippen molar-refractivity contribution < 1.29 is 0 Å². The highest BCUT2D eigenvalue weighted by atomic mass is 28.3. The molecule has 0 saturated carbocycles. The fraction of sp³-hybridized carbons (Fsp3) is 0.875. The average Bonchev–Trinajstić information content (AvgIpc) is 2.23. The second kappa shape index (κ2) is 6.77. The highest BCUT2D eigenvalue weighted by Gasteiger charge is 2.27. The van der Waals surface area contributed by atoms with Crippen molar-refractivity contribution in [2.75, 3.05) is 0 Å². The van der Waals surface area contributed by atoms with Crippen LogP contribution in [0.2, 0.25) is 24.2 Å². The Bertz CT molecular complexity index is 243. The summed E-state index contributed by atoms with van der Waals surface area (Å²) in [6.45, 7) is 19.0. The first-order valence-corrected chi connectivity index (χ1v) is 10.2. The summed E-state index contributed by atoms with van der Waals surface area (Å²) in [7, 11) is -0.976. The molecule has 0 fully saturated rings. The predicted molar refractivity (Wildman–Crippen MR) is 84.5 cm³/mol. The Balaban J connectivity index is 4.80. The van der Waals surface area contributed by atoms with Crippen molar-refractivity contribution in [3.8, 4) is 0 Å². The van der Waals surface area contributed by atoms with Crippen LogP contribution >= 0.6 is 0 Å². The lowest BCUT2D eigenvalue weighted by Crippen LogP contribution is -2.31. The molecule has 0 saturated heterocycles. The quantitative estimate of drug-likeness (QED) is 0.387. The summed E-state index contributed by atoms with van der Waals surface area (Å²) in [5, 5.41) is 0. The number of hydrogen-bond acceptors (Lipinski definition) is 0. The molecule has 0 aliphatic carbocycles. The summed E-state index contributed by atoms with van der Waals surface area (Å²) in [5.41, 5.74) is 3.77. The summed E-state index contributed by atoms with van der Waals surface area (Å²) in [6.07, 6.45) is 1.25. The molecule has 17 heavy (non-hydrogen) atoms. The molecular formula is C16H34Si. The lowest BCUT2D eigenvalue weighted by atomic mass is 9.87. The summed E-state index contributed by atoms with van der Waals surface area (Å²) in [4.78, 5) is 0. The first kappa shape index (κ1) is 17.0. The summed E-state index contributed by atoms with van der Waals surface area (Å²) < 4.78 is 0. The minimum absolute atomic E-state index is 0.431. The maximum Gasteiger partial charge on any atom is 0.0567 e. The molecular weight excluding hydrogens is 220 g/mol. The maximum atomic E-state index is 2.41. The molecule has 0 unspecified atom stereocenters. The summed E-state index contributed by atoms with van der Waals surface area (Å²) in [6, 6.07) is 5.76. The molecule has 0 aromatic carbocycles. The molecule has 0 nitrogen and oxygen atoms in total. The largest absolute Gasteiger partial charge is 0.0770 e. The Labute approximate surface area is 111 Å². The Morgan fingerprint density at radius 2 is 1.24 bits per heavy atom. The van der Waals surface area contributed by atoms with Crippen molar-refractivity contribution in [1.82, 2.24) is 0 Å². The SMILES string of the molecule is CC[Si](CC)(CC)C/C(C)=C(\C)CC(C)(C)C. The van der Waals surface area contributed by atoms with Crippen molar-refractivity contribution in [3.63, 3.8) is 0 Å². The van der Waals surface area contributed by atoms with E-state index < -0.39 is 8.07 Å². The zero-order valence-corrected chi connectivity index (χ0v) is 14.5. The molecule has 0 atom stereocenters. The highest BCUT2D eigenvalue weighted by Crippen LogP contribution is 2.33. The van der Waals surface area contributed by atoms with Gasteiger partial charge in [0.1, 0.15) is 0 Å². The average molecular weight is 255 g/mol. The van der Waals surface area contributed by atoms with Gasteiger partial charge in [-0.2, -0.15) is 0 Å². The van der Waals surface area contributed by atoms with Gasteiger partial charge in [-0.05, 0) is 31.7 Å². The standard InChI is InChI=1S/C16H34Si/c1-9-17(10-2,11-3)13-15(5)14(4)12-16(6,7)8/h9-13H2,1-8H3/b15-14+. The monoisotopic (exact) mass is 254 g/mol. The predicted octanol–water partition coefficient (Wildman–Crippen LogP) is 6.27. The van der Waals surface area contributed by atoms with E-state index in [1.165, 1.54) is 30.6 Å². The van der Waals surface area contributed by atoms with Gasteiger partial charge in [0, 0.05) is 0 Å². The van der Waals surface area contributed by atoms with Crippen molar-refractivity contribution in [2.24, 2.45) is 5.41 Å². The van der Waals surface area contributed by atoms with E-state index in [-0.39, 0.29) is 0 Å². The van der Waals surface area contributed by atoms with Crippen LogP contribution in [0, 0.1) is 5.41 Å². The zero-order chi connectivity index (χ0) is 13.7. The number of rotatable bonds is 6. The number of allylic oxidation sites excluding steroid dienone is 2. The lowest BCUT2D eigenvalue weighted by molar-refractivity contribution is 0.408. The minimum Gasteiger partial charge on any atom is -0.0770 e. The fourth-order valence-corrected chi connectivity index (χ4v) is 6.46. The molecule has 0 aliphatic heterocycles. The minimum atomic E-state index is -0.976. The molecule has 0 radical (unpaired) electrons. The van der Waals surface area contributed by atoms with Crippen LogP contribution in [0.1, 0.15) is 61.8 Å². The Morgan fingerprint density at radius 1 is 0.824 bits per heavy atom. The molecule has 1 heteroatoms. The second-order valence-corrected chi connectivity index (χ2v) is 12.5. The van der Waals surface area contributed by atoms with E-state index >= 15 is 0 Å². The van der Waals surface area contributed by atoms with Crippen LogP contribution in [0.25, 0.3) is 0 Å². The van der Waals surface area contributed by atoms with E-state index in [2.05, 4.69) is 55.4 Å². The van der Waals surface area contributed by atoms with Crippen molar-refractivity contribution in [3.05, 3.63) is 11.1 Å². The Kier molecular flexibility index (Phi) is 6.76. The first-order valence-electron chi connectivity index (χ1n) is 7.35. The van der Waals surface area contributed by atoms with Crippen molar-refractivity contribution in [1.29, 1.82) is 0 Å². The molecule has 0 aliphatic rings. The molecule has 0 heterocycles. The molecule has 0 spiro atoms. The highest BCUT2D eigenvalue weighted by molar-refractivity contribution is 6.80. The third-order valence-electron chi connectivity index (χ3n) is 4.41. The second-order valence-electron chi connectivity index (χ2n) is 7.04. The maximum absolute atomic E-state index is 2.41. The Hall–Kier alpha value is -0.0431. The van der Waals surface area contributed by atoms with Gasteiger partial charge in [0.2, 0.25) is 0 Å². The van der Waals surface area contributed by atoms with Gasteiger partial charge in [0.15, 0.2) is 0 Å². The van der Waals surface area contributed by atoms with E-state index in [1.54, 1.807) is 11.1 Å². The van der Waals surface area contributed by atoms with E-state index in [1.807, 2.05) is 0 Å². The summed E-state index contributed by atoms with van der Waals surface area (Å²) in [5.74, 6) is 0. The van der Waals surface area contributed by atoms with Gasteiger partial charge < -0.3 is 0 Å². The van der Waals surface area contributed by atoms with Crippen LogP contribution in [0.3, 0.4) is 0 Å². The summed E-state index contributed by atoms with van der Waals surface area (Å²) >= 11 is 0. The van der Waals surface area contributed by atoms with Crippen LogP contribution in [-0.4, -0.2) is 8.07 Å². The van der Waals surface area contributed by atoms with Gasteiger partial charge in [0.05, 0.1) is 8.07 Å². The van der Waals surface area contributed by atoms with Crippen LogP contribution in [-0.2, 0) is 0 Å². The molecule has 0 aromatic heterocycles. The molecule has 0 rings (SSSR count). The van der Waals surface area contributed by atoms with E-state index in [9.17, 15) is 0 Å². The van der Waals surface area contributed by atoms with Gasteiger partial charge in [-0.3, -0.25) is 0 Å². The normalized spacial score (nSPS) is 14.8. The van der Waals surface area contributed by atoms with Crippen LogP contribution in [0.5, 0.6) is 0 Å². The molecule has 0 N–H and O–H groups in total. The van der Waals surface area contributed by atoms with E-state index in [0.29, 0.717) is 5.41 Å². The molecule has 0 amide bonds.